The van der Waals surface area contributed by atoms with Crippen LogP contribution in [-0.4, -0.2) is 94.7 Å². The molecule has 9 nitrogen and oxygen atoms in total. The van der Waals surface area contributed by atoms with Crippen molar-refractivity contribution in [3.63, 3.8) is 0 Å². The molecule has 1 saturated carbocycles. The molecule has 0 aromatic heterocycles. The fraction of sp³-hybridized carbons (Fsp3) is 0.600. The van der Waals surface area contributed by atoms with E-state index in [0.717, 1.165) is 24.8 Å². The predicted octanol–water partition coefficient (Wildman–Crippen LogP) is 0.575. The number of hydrogen-bond acceptors (Lipinski definition) is 6. The zero-order valence-electron chi connectivity index (χ0n) is 19.9. The number of nitriles is 1. The molecule has 1 aliphatic carbocycles. The number of rotatable bonds is 6. The molecule has 1 aromatic carbocycles. The molecule has 3 heterocycles. The summed E-state index contributed by atoms with van der Waals surface area (Å²) in [6.07, 6.45) is 2.46. The van der Waals surface area contributed by atoms with E-state index in [4.69, 9.17) is 5.73 Å². The lowest BCUT2D eigenvalue weighted by atomic mass is 10.0. The summed E-state index contributed by atoms with van der Waals surface area (Å²) in [5.41, 5.74) is 7.91. The van der Waals surface area contributed by atoms with E-state index in [0.29, 0.717) is 24.6 Å². The molecular formula is C25H32N6O3. The lowest BCUT2D eigenvalue weighted by Gasteiger charge is -2.38. The summed E-state index contributed by atoms with van der Waals surface area (Å²) >= 11 is 0. The number of fused-ring (bicyclic) bond motifs is 3. The number of benzene rings is 1. The molecule has 1 aromatic rings. The van der Waals surface area contributed by atoms with E-state index in [1.165, 1.54) is 0 Å². The van der Waals surface area contributed by atoms with E-state index in [1.807, 2.05) is 28.9 Å². The lowest BCUT2D eigenvalue weighted by Crippen LogP contribution is -2.57. The van der Waals surface area contributed by atoms with Crippen molar-refractivity contribution in [1.29, 1.82) is 5.26 Å². The SMILES string of the molecule is C[C@@H](c1ccc(C(=O)N(C)C)cc1)N1C(=O)[C@@H]2C[C@H]1CN2C[C@H](N)C(=O)N1C2C[C@H]2C[C@H]1C#N. The van der Waals surface area contributed by atoms with Crippen molar-refractivity contribution in [2.45, 2.75) is 62.4 Å². The van der Waals surface area contributed by atoms with Crippen molar-refractivity contribution >= 4 is 17.7 Å². The Morgan fingerprint density at radius 2 is 1.91 bits per heavy atom. The van der Waals surface area contributed by atoms with Crippen LogP contribution in [0.15, 0.2) is 24.3 Å². The van der Waals surface area contributed by atoms with Crippen LogP contribution in [0.2, 0.25) is 0 Å². The van der Waals surface area contributed by atoms with Gasteiger partial charge in [0.25, 0.3) is 5.91 Å². The highest BCUT2D eigenvalue weighted by Gasteiger charge is 2.56. The second-order valence-corrected chi connectivity index (χ2v) is 10.4. The van der Waals surface area contributed by atoms with E-state index in [9.17, 15) is 19.6 Å². The number of piperidine rings is 1. The molecule has 7 atom stereocenters. The first kappa shape index (κ1) is 22.8. The van der Waals surface area contributed by atoms with Crippen LogP contribution in [0.4, 0.5) is 0 Å². The average molecular weight is 465 g/mol. The van der Waals surface area contributed by atoms with E-state index >= 15 is 0 Å². The second-order valence-electron chi connectivity index (χ2n) is 10.4. The normalized spacial score (nSPS) is 31.3. The lowest BCUT2D eigenvalue weighted by molar-refractivity contribution is -0.141. The fourth-order valence-electron chi connectivity index (χ4n) is 6.13. The van der Waals surface area contributed by atoms with Crippen LogP contribution in [0.1, 0.15) is 48.1 Å². The molecule has 3 amide bonds. The summed E-state index contributed by atoms with van der Waals surface area (Å²) in [6, 6.07) is 8.48. The third kappa shape index (κ3) is 3.65. The van der Waals surface area contributed by atoms with Crippen LogP contribution in [0, 0.1) is 17.2 Å². The van der Waals surface area contributed by atoms with Gasteiger partial charge in [-0.2, -0.15) is 5.26 Å². The first-order valence-electron chi connectivity index (χ1n) is 12.1. The number of carbonyl (C=O) groups is 3. The van der Waals surface area contributed by atoms with Gasteiger partial charge in [-0.05, 0) is 49.8 Å². The van der Waals surface area contributed by atoms with Gasteiger partial charge in [-0.15, -0.1) is 0 Å². The Morgan fingerprint density at radius 1 is 1.21 bits per heavy atom. The number of carbonyl (C=O) groups excluding carboxylic acids is 3. The van der Waals surface area contributed by atoms with Gasteiger partial charge in [0.15, 0.2) is 0 Å². The van der Waals surface area contributed by atoms with Crippen molar-refractivity contribution < 1.29 is 14.4 Å². The fourth-order valence-corrected chi connectivity index (χ4v) is 6.13. The predicted molar refractivity (Wildman–Crippen MR) is 124 cm³/mol. The highest BCUT2D eigenvalue weighted by Crippen LogP contribution is 2.48. The van der Waals surface area contributed by atoms with Gasteiger partial charge in [0.2, 0.25) is 11.8 Å². The molecule has 34 heavy (non-hydrogen) atoms. The number of nitrogens with zero attached hydrogens (tertiary/aromatic N) is 5. The first-order chi connectivity index (χ1) is 16.2. The molecule has 9 heteroatoms. The van der Waals surface area contributed by atoms with Gasteiger partial charge in [0.05, 0.1) is 24.2 Å². The molecule has 4 aliphatic rings. The minimum Gasteiger partial charge on any atom is -0.345 e. The summed E-state index contributed by atoms with van der Waals surface area (Å²) in [6.45, 7) is 3.04. The molecule has 1 unspecified atom stereocenters. The van der Waals surface area contributed by atoms with Crippen molar-refractivity contribution in [3.05, 3.63) is 35.4 Å². The third-order valence-corrected chi connectivity index (χ3v) is 8.03. The molecule has 0 spiro atoms. The van der Waals surface area contributed by atoms with Crippen LogP contribution >= 0.6 is 0 Å². The van der Waals surface area contributed by atoms with Crippen molar-refractivity contribution in [3.8, 4) is 6.07 Å². The molecule has 0 radical (unpaired) electrons. The maximum atomic E-state index is 13.3. The number of likely N-dealkylation sites (tertiary alicyclic amines) is 3. The third-order valence-electron chi connectivity index (χ3n) is 8.03. The molecule has 5 rings (SSSR count). The Hall–Kier alpha value is -2.96. The highest BCUT2D eigenvalue weighted by atomic mass is 16.2. The standard InChI is InChI=1S/C25H32N6O3/c1-14(15-4-6-16(7-5-15)23(32)28(2)3)30-19-10-22(25(30)34)29(12-19)13-20(27)24(33)31-18(11-26)8-17-9-21(17)31/h4-7,14,17-22H,8-10,12-13,27H2,1-3H3/t14-,17+,18-,19-,20-,21?,22-/m0/s1. The number of amides is 3. The highest BCUT2D eigenvalue weighted by molar-refractivity contribution is 5.94. The van der Waals surface area contributed by atoms with Crippen LogP contribution in [0.5, 0.6) is 0 Å². The Bertz CT molecular complexity index is 1050. The van der Waals surface area contributed by atoms with E-state index in [-0.39, 0.29) is 47.9 Å². The van der Waals surface area contributed by atoms with Gasteiger partial charge in [0, 0.05) is 44.8 Å². The second kappa shape index (κ2) is 8.36. The van der Waals surface area contributed by atoms with Crippen molar-refractivity contribution in [2.75, 3.05) is 27.2 Å². The topological polar surface area (TPSA) is 114 Å². The van der Waals surface area contributed by atoms with Crippen LogP contribution in [0.25, 0.3) is 0 Å². The largest absolute Gasteiger partial charge is 0.345 e. The zero-order valence-corrected chi connectivity index (χ0v) is 19.9. The van der Waals surface area contributed by atoms with Crippen LogP contribution in [-0.2, 0) is 9.59 Å². The van der Waals surface area contributed by atoms with E-state index in [1.54, 1.807) is 36.0 Å². The van der Waals surface area contributed by atoms with Crippen molar-refractivity contribution in [1.82, 2.24) is 19.6 Å². The van der Waals surface area contributed by atoms with Crippen LogP contribution < -0.4 is 5.73 Å². The van der Waals surface area contributed by atoms with E-state index < -0.39 is 6.04 Å². The minimum absolute atomic E-state index is 0.0516. The Balaban J connectivity index is 1.21. The molecule has 3 aliphatic heterocycles. The maximum Gasteiger partial charge on any atom is 0.253 e. The average Bonchev–Trinajstić information content (AvgIpc) is 3.15. The molecule has 4 fully saturated rings. The number of piperazine rings is 1. The summed E-state index contributed by atoms with van der Waals surface area (Å²) in [7, 11) is 3.44. The van der Waals surface area contributed by atoms with Gasteiger partial charge < -0.3 is 20.4 Å². The van der Waals surface area contributed by atoms with Crippen LogP contribution in [0.3, 0.4) is 0 Å². The first-order valence-corrected chi connectivity index (χ1v) is 12.1. The number of nitrogens with two attached hydrogens (primary N) is 1. The minimum atomic E-state index is -0.727. The quantitative estimate of drug-likeness (QED) is 0.659. The van der Waals surface area contributed by atoms with Gasteiger partial charge in [-0.1, -0.05) is 12.1 Å². The molecule has 2 bridgehead atoms. The maximum absolute atomic E-state index is 13.3. The molecule has 180 valence electrons. The summed E-state index contributed by atoms with van der Waals surface area (Å²) in [4.78, 5) is 45.6. The zero-order chi connectivity index (χ0) is 24.3. The van der Waals surface area contributed by atoms with Gasteiger partial charge >= 0.3 is 0 Å². The molecular weight excluding hydrogens is 432 g/mol. The Labute approximate surface area is 200 Å². The summed E-state index contributed by atoms with van der Waals surface area (Å²) in [5, 5.41) is 9.39. The number of hydrogen-bond donors (Lipinski definition) is 1. The van der Waals surface area contributed by atoms with Gasteiger partial charge in [0.1, 0.15) is 6.04 Å². The van der Waals surface area contributed by atoms with Gasteiger partial charge in [-0.25, -0.2) is 0 Å². The molecule has 3 saturated heterocycles. The Kier molecular flexibility index (Phi) is 5.61. The summed E-state index contributed by atoms with van der Waals surface area (Å²) in [5.74, 6) is 0.305. The summed E-state index contributed by atoms with van der Waals surface area (Å²) < 4.78 is 0. The van der Waals surface area contributed by atoms with E-state index in [2.05, 4.69) is 6.07 Å². The smallest absolute Gasteiger partial charge is 0.253 e. The monoisotopic (exact) mass is 464 g/mol. The van der Waals surface area contributed by atoms with Crippen molar-refractivity contribution in [2.24, 2.45) is 11.7 Å². The van der Waals surface area contributed by atoms with Gasteiger partial charge in [-0.3, -0.25) is 19.3 Å². The molecule has 2 N–H and O–H groups in total. The Morgan fingerprint density at radius 3 is 2.53 bits per heavy atom.